The van der Waals surface area contributed by atoms with E-state index in [1.807, 2.05) is 20.8 Å². The molecule has 0 bridgehead atoms. The first-order valence-corrected chi connectivity index (χ1v) is 6.84. The van der Waals surface area contributed by atoms with Crippen molar-refractivity contribution in [3.05, 3.63) is 0 Å². The number of likely N-dealkylation sites (tertiary alicyclic amines) is 1. The van der Waals surface area contributed by atoms with Crippen LogP contribution in [0.1, 0.15) is 40.0 Å². The summed E-state index contributed by atoms with van der Waals surface area (Å²) in [4.78, 5) is 13.6. The number of piperidine rings is 1. The molecule has 2 aliphatic rings. The van der Waals surface area contributed by atoms with Gasteiger partial charge in [-0.2, -0.15) is 5.26 Å². The molecule has 0 saturated carbocycles. The van der Waals surface area contributed by atoms with E-state index in [0.29, 0.717) is 25.9 Å². The van der Waals surface area contributed by atoms with E-state index in [-0.39, 0.29) is 17.6 Å². The van der Waals surface area contributed by atoms with Crippen molar-refractivity contribution in [3.8, 4) is 6.07 Å². The quantitative estimate of drug-likeness (QED) is 0.719. The molecule has 0 aromatic rings. The molecule has 0 aromatic carbocycles. The van der Waals surface area contributed by atoms with Gasteiger partial charge in [0.25, 0.3) is 0 Å². The summed E-state index contributed by atoms with van der Waals surface area (Å²) in [5, 5.41) is 9.39. The van der Waals surface area contributed by atoms with Crippen molar-refractivity contribution in [1.82, 2.24) is 4.90 Å². The Labute approximate surface area is 114 Å². The van der Waals surface area contributed by atoms with Crippen molar-refractivity contribution in [1.29, 1.82) is 5.26 Å². The number of epoxide rings is 1. The van der Waals surface area contributed by atoms with E-state index in [1.165, 1.54) is 0 Å². The molecule has 0 aliphatic carbocycles. The summed E-state index contributed by atoms with van der Waals surface area (Å²) in [7, 11) is 0. The lowest BCUT2D eigenvalue weighted by Gasteiger charge is -2.37. The molecular formula is C14H22N2O3. The first kappa shape index (κ1) is 14.1. The van der Waals surface area contributed by atoms with Crippen LogP contribution in [0, 0.1) is 16.7 Å². The molecule has 2 fully saturated rings. The van der Waals surface area contributed by atoms with Crippen LogP contribution in [0.5, 0.6) is 0 Å². The van der Waals surface area contributed by atoms with Crippen LogP contribution in [0.2, 0.25) is 0 Å². The Bertz CT molecular complexity index is 382. The Balaban J connectivity index is 1.87. The summed E-state index contributed by atoms with van der Waals surface area (Å²) in [6, 6.07) is 2.44. The van der Waals surface area contributed by atoms with Crippen LogP contribution < -0.4 is 0 Å². The predicted octanol–water partition coefficient (Wildman–Crippen LogP) is 2.32. The molecule has 5 heteroatoms. The topological polar surface area (TPSA) is 65.9 Å². The fraction of sp³-hybridized carbons (Fsp3) is 0.857. The molecule has 2 saturated heterocycles. The fourth-order valence-electron chi connectivity index (χ4n) is 2.43. The summed E-state index contributed by atoms with van der Waals surface area (Å²) in [5.74, 6) is 0. The molecule has 0 radical (unpaired) electrons. The third-order valence-electron chi connectivity index (χ3n) is 3.63. The van der Waals surface area contributed by atoms with Gasteiger partial charge < -0.3 is 14.4 Å². The maximum atomic E-state index is 11.9. The van der Waals surface area contributed by atoms with Gasteiger partial charge in [-0.1, -0.05) is 0 Å². The third-order valence-corrected chi connectivity index (χ3v) is 3.63. The molecule has 0 spiro atoms. The van der Waals surface area contributed by atoms with E-state index in [4.69, 9.17) is 9.47 Å². The fourth-order valence-corrected chi connectivity index (χ4v) is 2.43. The number of ether oxygens (including phenoxy) is 2. The molecule has 1 amide bonds. The van der Waals surface area contributed by atoms with Crippen molar-refractivity contribution in [2.24, 2.45) is 5.41 Å². The zero-order valence-electron chi connectivity index (χ0n) is 11.9. The van der Waals surface area contributed by atoms with Crippen LogP contribution in [0.3, 0.4) is 0 Å². The van der Waals surface area contributed by atoms with E-state index in [9.17, 15) is 10.1 Å². The van der Waals surface area contributed by atoms with Gasteiger partial charge in [-0.05, 0) is 40.0 Å². The average Bonchev–Trinajstić information content (AvgIpc) is 3.11. The number of hydrogen-bond acceptors (Lipinski definition) is 4. The Hall–Kier alpha value is -1.28. The van der Waals surface area contributed by atoms with Crippen molar-refractivity contribution in [2.45, 2.75) is 51.7 Å². The lowest BCUT2D eigenvalue weighted by atomic mass is 9.76. The Morgan fingerprint density at radius 3 is 2.47 bits per heavy atom. The molecule has 1 atom stereocenters. The molecule has 2 heterocycles. The normalized spacial score (nSPS) is 25.6. The zero-order valence-corrected chi connectivity index (χ0v) is 11.9. The van der Waals surface area contributed by atoms with Gasteiger partial charge in [-0.3, -0.25) is 0 Å². The lowest BCUT2D eigenvalue weighted by molar-refractivity contribution is 0.0138. The van der Waals surface area contributed by atoms with Crippen LogP contribution in [0.15, 0.2) is 0 Å². The van der Waals surface area contributed by atoms with Crippen molar-refractivity contribution >= 4 is 6.09 Å². The van der Waals surface area contributed by atoms with Gasteiger partial charge in [0.15, 0.2) is 0 Å². The molecular weight excluding hydrogens is 244 g/mol. The van der Waals surface area contributed by atoms with Crippen LogP contribution in [0.4, 0.5) is 4.79 Å². The minimum atomic E-state index is -0.470. The maximum Gasteiger partial charge on any atom is 0.410 e. The molecule has 2 rings (SSSR count). The van der Waals surface area contributed by atoms with E-state index in [1.54, 1.807) is 4.90 Å². The molecule has 0 unspecified atom stereocenters. The minimum Gasteiger partial charge on any atom is -0.444 e. The van der Waals surface area contributed by atoms with Crippen LogP contribution in [0.25, 0.3) is 0 Å². The van der Waals surface area contributed by atoms with Crippen LogP contribution in [-0.4, -0.2) is 42.4 Å². The Morgan fingerprint density at radius 2 is 2.05 bits per heavy atom. The number of amides is 1. The zero-order chi connectivity index (χ0) is 14.1. The van der Waals surface area contributed by atoms with Crippen LogP contribution >= 0.6 is 0 Å². The molecule has 0 N–H and O–H groups in total. The highest BCUT2D eigenvalue weighted by Crippen LogP contribution is 2.38. The highest BCUT2D eigenvalue weighted by molar-refractivity contribution is 5.68. The van der Waals surface area contributed by atoms with E-state index in [2.05, 4.69) is 6.07 Å². The summed E-state index contributed by atoms with van der Waals surface area (Å²) < 4.78 is 10.6. The van der Waals surface area contributed by atoms with Crippen LogP contribution in [-0.2, 0) is 9.47 Å². The molecule has 0 aromatic heterocycles. The van der Waals surface area contributed by atoms with E-state index >= 15 is 0 Å². The number of hydrogen-bond donors (Lipinski definition) is 0. The molecule has 5 nitrogen and oxygen atoms in total. The largest absolute Gasteiger partial charge is 0.444 e. The standard InChI is InChI=1S/C14H22N2O3/c1-13(2,3)19-12(17)16-6-4-14(10-15,5-7-16)8-11-9-18-11/h11H,4-9H2,1-3H3/t11-/m1/s1. The highest BCUT2D eigenvalue weighted by Gasteiger charge is 2.42. The Kier molecular flexibility index (Phi) is 3.73. The second-order valence-electron chi connectivity index (χ2n) is 6.52. The predicted molar refractivity (Wildman–Crippen MR) is 69.4 cm³/mol. The van der Waals surface area contributed by atoms with Gasteiger partial charge in [-0.15, -0.1) is 0 Å². The van der Waals surface area contributed by atoms with Gasteiger partial charge in [-0.25, -0.2) is 4.79 Å². The summed E-state index contributed by atoms with van der Waals surface area (Å²) in [6.45, 7) is 7.54. The van der Waals surface area contributed by atoms with E-state index in [0.717, 1.165) is 13.0 Å². The number of nitriles is 1. The van der Waals surface area contributed by atoms with Gasteiger partial charge in [0.2, 0.25) is 0 Å². The molecule has 19 heavy (non-hydrogen) atoms. The molecule has 2 aliphatic heterocycles. The summed E-state index contributed by atoms with van der Waals surface area (Å²) in [5.41, 5.74) is -0.789. The molecule has 106 valence electrons. The highest BCUT2D eigenvalue weighted by atomic mass is 16.6. The third kappa shape index (κ3) is 3.84. The maximum absolute atomic E-state index is 11.9. The smallest absolute Gasteiger partial charge is 0.410 e. The monoisotopic (exact) mass is 266 g/mol. The van der Waals surface area contributed by atoms with Gasteiger partial charge in [0.05, 0.1) is 24.2 Å². The lowest BCUT2D eigenvalue weighted by Crippen LogP contribution is -2.45. The SMILES string of the molecule is CC(C)(C)OC(=O)N1CCC(C#N)(C[C@@H]2CO2)CC1. The van der Waals surface area contributed by atoms with E-state index < -0.39 is 5.60 Å². The Morgan fingerprint density at radius 1 is 1.47 bits per heavy atom. The number of carbonyl (C=O) groups is 1. The van der Waals surface area contributed by atoms with Gasteiger partial charge >= 0.3 is 6.09 Å². The van der Waals surface area contributed by atoms with Crippen molar-refractivity contribution in [3.63, 3.8) is 0 Å². The first-order chi connectivity index (χ1) is 8.84. The summed E-state index contributed by atoms with van der Waals surface area (Å²) in [6.07, 6.45) is 2.20. The summed E-state index contributed by atoms with van der Waals surface area (Å²) >= 11 is 0. The van der Waals surface area contributed by atoms with Crippen molar-refractivity contribution < 1.29 is 14.3 Å². The average molecular weight is 266 g/mol. The second kappa shape index (κ2) is 5.01. The second-order valence-corrected chi connectivity index (χ2v) is 6.52. The number of nitrogens with zero attached hydrogens (tertiary/aromatic N) is 2. The van der Waals surface area contributed by atoms with Gasteiger partial charge in [0.1, 0.15) is 5.60 Å². The number of carbonyl (C=O) groups excluding carboxylic acids is 1. The first-order valence-electron chi connectivity index (χ1n) is 6.84. The minimum absolute atomic E-state index is 0.257. The van der Waals surface area contributed by atoms with Gasteiger partial charge in [0, 0.05) is 13.1 Å². The van der Waals surface area contributed by atoms with Crippen molar-refractivity contribution in [2.75, 3.05) is 19.7 Å². The number of rotatable bonds is 2.